The molecule has 0 spiro atoms. The molecule has 1 rings (SSSR count). The highest BCUT2D eigenvalue weighted by molar-refractivity contribution is 5.79. The lowest BCUT2D eigenvalue weighted by molar-refractivity contribution is -0.144. The molecule has 0 aromatic heterocycles. The third-order valence-electron chi connectivity index (χ3n) is 4.73. The smallest absolute Gasteiger partial charge is 0.323 e. The summed E-state index contributed by atoms with van der Waals surface area (Å²) in [7, 11) is 0. The Morgan fingerprint density at radius 3 is 2.29 bits per heavy atom. The highest BCUT2D eigenvalue weighted by Gasteiger charge is 2.46. The number of carboxylic acids is 1. The van der Waals surface area contributed by atoms with Gasteiger partial charge in [0.1, 0.15) is 5.54 Å². The van der Waals surface area contributed by atoms with Gasteiger partial charge in [0.15, 0.2) is 0 Å². The molecule has 0 heterocycles. The number of carbonyl (C=O) groups is 1. The quantitative estimate of drug-likeness (QED) is 0.615. The molecule has 2 unspecified atom stereocenters. The first-order valence-electron chi connectivity index (χ1n) is 8.82. The van der Waals surface area contributed by atoms with E-state index >= 15 is 0 Å². The van der Waals surface area contributed by atoms with E-state index in [1.807, 2.05) is 0 Å². The van der Waals surface area contributed by atoms with E-state index in [9.17, 15) is 9.90 Å². The van der Waals surface area contributed by atoms with E-state index in [-0.39, 0.29) is 0 Å². The summed E-state index contributed by atoms with van der Waals surface area (Å²) in [4.78, 5) is 14.3. The lowest BCUT2D eigenvalue weighted by Crippen LogP contribution is -2.51. The fraction of sp³-hybridized carbons (Fsp3) is 0.941. The number of nitrogens with one attached hydrogen (secondary N) is 1. The maximum Gasteiger partial charge on any atom is 0.323 e. The molecule has 0 aliphatic heterocycles. The predicted octanol–water partition coefficient (Wildman–Crippen LogP) is 3.26. The molecule has 4 nitrogen and oxygen atoms in total. The van der Waals surface area contributed by atoms with Crippen molar-refractivity contribution in [3.63, 3.8) is 0 Å². The summed E-state index contributed by atoms with van der Waals surface area (Å²) in [6, 6.07) is 0.434. The second-order valence-corrected chi connectivity index (χ2v) is 6.45. The summed E-state index contributed by atoms with van der Waals surface area (Å²) in [6.45, 7) is 9.55. The van der Waals surface area contributed by atoms with Crippen LogP contribution in [-0.4, -0.2) is 47.2 Å². The Bertz CT molecular complexity index is 301. The van der Waals surface area contributed by atoms with Crippen LogP contribution >= 0.6 is 0 Å². The van der Waals surface area contributed by atoms with Gasteiger partial charge < -0.3 is 15.3 Å². The largest absolute Gasteiger partial charge is 0.480 e. The number of aliphatic carboxylic acids is 1. The number of hydrogen-bond donors (Lipinski definition) is 2. The average Bonchev–Trinajstić information content (AvgIpc) is 2.91. The van der Waals surface area contributed by atoms with Crippen molar-refractivity contribution in [2.45, 2.75) is 83.7 Å². The van der Waals surface area contributed by atoms with E-state index in [2.05, 4.69) is 31.0 Å². The van der Waals surface area contributed by atoms with E-state index in [4.69, 9.17) is 0 Å². The van der Waals surface area contributed by atoms with E-state index in [0.29, 0.717) is 6.04 Å². The first-order valence-corrected chi connectivity index (χ1v) is 8.82. The normalized spacial score (nSPS) is 25.6. The second-order valence-electron chi connectivity index (χ2n) is 6.45. The standard InChI is InChI=1S/C17H34N2O2/c1-4-7-12-19(13-8-5-2)15-9-10-17(14-15,16(20)21)18-11-6-3/h15,18H,4-14H2,1-3H3,(H,20,21). The van der Waals surface area contributed by atoms with Crippen LogP contribution in [0.15, 0.2) is 0 Å². The Morgan fingerprint density at radius 1 is 1.19 bits per heavy atom. The molecule has 4 heteroatoms. The lowest BCUT2D eigenvalue weighted by atomic mass is 9.97. The number of carboxylic acid groups (broad SMARTS) is 1. The first kappa shape index (κ1) is 18.4. The van der Waals surface area contributed by atoms with E-state index in [1.165, 1.54) is 25.7 Å². The zero-order chi connectivity index (χ0) is 15.7. The molecular formula is C17H34N2O2. The van der Waals surface area contributed by atoms with Crippen LogP contribution in [0.5, 0.6) is 0 Å². The Kier molecular flexibility index (Phi) is 8.27. The highest BCUT2D eigenvalue weighted by atomic mass is 16.4. The molecule has 0 bridgehead atoms. The molecule has 0 aromatic rings. The van der Waals surface area contributed by atoms with Crippen LogP contribution in [0.4, 0.5) is 0 Å². The van der Waals surface area contributed by atoms with Crippen molar-refractivity contribution in [1.82, 2.24) is 10.2 Å². The molecule has 0 radical (unpaired) electrons. The topological polar surface area (TPSA) is 52.6 Å². The SMILES string of the molecule is CCCCN(CCCC)C1CCC(NCCC)(C(=O)O)C1. The van der Waals surface area contributed by atoms with Crippen LogP contribution in [-0.2, 0) is 4.79 Å². The van der Waals surface area contributed by atoms with Gasteiger partial charge in [-0.1, -0.05) is 33.6 Å². The highest BCUT2D eigenvalue weighted by Crippen LogP contribution is 2.34. The third kappa shape index (κ3) is 5.26. The molecule has 1 aliphatic rings. The van der Waals surface area contributed by atoms with Crippen LogP contribution in [0, 0.1) is 0 Å². The summed E-state index contributed by atoms with van der Waals surface area (Å²) in [5.41, 5.74) is -0.683. The zero-order valence-electron chi connectivity index (χ0n) is 14.2. The summed E-state index contributed by atoms with van der Waals surface area (Å²) in [6.07, 6.45) is 8.34. The van der Waals surface area contributed by atoms with Crippen molar-refractivity contribution in [2.24, 2.45) is 0 Å². The van der Waals surface area contributed by atoms with Gasteiger partial charge in [0.2, 0.25) is 0 Å². The van der Waals surface area contributed by atoms with Crippen LogP contribution in [0.25, 0.3) is 0 Å². The summed E-state index contributed by atoms with van der Waals surface area (Å²) < 4.78 is 0. The maximum absolute atomic E-state index is 11.7. The predicted molar refractivity (Wildman–Crippen MR) is 87.7 cm³/mol. The number of hydrogen-bond acceptors (Lipinski definition) is 3. The molecule has 0 aromatic carbocycles. The molecule has 2 atom stereocenters. The minimum Gasteiger partial charge on any atom is -0.480 e. The van der Waals surface area contributed by atoms with Crippen molar-refractivity contribution < 1.29 is 9.90 Å². The number of nitrogens with zero attached hydrogens (tertiary/aromatic N) is 1. The van der Waals surface area contributed by atoms with Crippen molar-refractivity contribution in [2.75, 3.05) is 19.6 Å². The summed E-state index contributed by atoms with van der Waals surface area (Å²) in [5.74, 6) is -0.663. The van der Waals surface area contributed by atoms with Crippen LogP contribution in [0.1, 0.15) is 72.1 Å². The van der Waals surface area contributed by atoms with E-state index < -0.39 is 11.5 Å². The van der Waals surface area contributed by atoms with Crippen molar-refractivity contribution in [3.05, 3.63) is 0 Å². The molecule has 124 valence electrons. The van der Waals surface area contributed by atoms with Crippen molar-refractivity contribution >= 4 is 5.97 Å². The van der Waals surface area contributed by atoms with Crippen molar-refractivity contribution in [1.29, 1.82) is 0 Å². The maximum atomic E-state index is 11.7. The fourth-order valence-electron chi connectivity index (χ4n) is 3.33. The minimum absolute atomic E-state index is 0.434. The number of rotatable bonds is 11. The molecule has 2 N–H and O–H groups in total. The van der Waals surface area contributed by atoms with E-state index in [0.717, 1.165) is 45.3 Å². The molecule has 1 fully saturated rings. The fourth-order valence-corrected chi connectivity index (χ4v) is 3.33. The summed E-state index contributed by atoms with van der Waals surface area (Å²) in [5, 5.41) is 13.0. The van der Waals surface area contributed by atoms with E-state index in [1.54, 1.807) is 0 Å². The van der Waals surface area contributed by atoms with Gasteiger partial charge in [-0.05, 0) is 58.2 Å². The van der Waals surface area contributed by atoms with Gasteiger partial charge in [0, 0.05) is 6.04 Å². The van der Waals surface area contributed by atoms with Gasteiger partial charge in [-0.3, -0.25) is 4.79 Å². The summed E-state index contributed by atoms with van der Waals surface area (Å²) >= 11 is 0. The lowest BCUT2D eigenvalue weighted by Gasteiger charge is -2.31. The molecule has 1 saturated carbocycles. The van der Waals surface area contributed by atoms with Gasteiger partial charge in [-0.15, -0.1) is 0 Å². The van der Waals surface area contributed by atoms with Gasteiger partial charge in [0.25, 0.3) is 0 Å². The van der Waals surface area contributed by atoms with Gasteiger partial charge in [0.05, 0.1) is 0 Å². The number of unbranched alkanes of at least 4 members (excludes halogenated alkanes) is 2. The molecular weight excluding hydrogens is 264 g/mol. The first-order chi connectivity index (χ1) is 10.1. The Labute approximate surface area is 130 Å². The molecule has 1 aliphatic carbocycles. The van der Waals surface area contributed by atoms with Gasteiger partial charge in [-0.2, -0.15) is 0 Å². The Hall–Kier alpha value is -0.610. The van der Waals surface area contributed by atoms with Crippen LogP contribution < -0.4 is 5.32 Å². The molecule has 0 saturated heterocycles. The second kappa shape index (κ2) is 9.42. The Morgan fingerprint density at radius 2 is 1.81 bits per heavy atom. The monoisotopic (exact) mass is 298 g/mol. The third-order valence-corrected chi connectivity index (χ3v) is 4.73. The van der Waals surface area contributed by atoms with Gasteiger partial charge >= 0.3 is 5.97 Å². The van der Waals surface area contributed by atoms with Crippen LogP contribution in [0.2, 0.25) is 0 Å². The Balaban J connectivity index is 2.66. The van der Waals surface area contributed by atoms with Crippen LogP contribution in [0.3, 0.4) is 0 Å². The zero-order valence-corrected chi connectivity index (χ0v) is 14.2. The minimum atomic E-state index is -0.683. The van der Waals surface area contributed by atoms with Gasteiger partial charge in [-0.25, -0.2) is 0 Å². The molecule has 0 amide bonds. The molecule has 21 heavy (non-hydrogen) atoms. The average molecular weight is 298 g/mol. The van der Waals surface area contributed by atoms with Crippen molar-refractivity contribution in [3.8, 4) is 0 Å².